The second-order valence-electron chi connectivity index (χ2n) is 3.84. The summed E-state index contributed by atoms with van der Waals surface area (Å²) in [4.78, 5) is 11.6. The summed E-state index contributed by atoms with van der Waals surface area (Å²) in [5, 5.41) is 6.87. The molecule has 17 heavy (non-hydrogen) atoms. The summed E-state index contributed by atoms with van der Waals surface area (Å²) in [7, 11) is 1.63. The highest BCUT2D eigenvalue weighted by atomic mass is 16.5. The Morgan fingerprint density at radius 2 is 2.47 bits per heavy atom. The summed E-state index contributed by atoms with van der Waals surface area (Å²) >= 11 is 0. The van der Waals surface area contributed by atoms with Crippen LogP contribution in [0.5, 0.6) is 0 Å². The Hall–Kier alpha value is -1.40. The van der Waals surface area contributed by atoms with E-state index in [0.29, 0.717) is 25.4 Å². The molecule has 3 N–H and O–H groups in total. The van der Waals surface area contributed by atoms with E-state index in [2.05, 4.69) is 10.4 Å². The predicted octanol–water partition coefficient (Wildman–Crippen LogP) is 0.595. The molecule has 1 amide bonds. The van der Waals surface area contributed by atoms with Crippen LogP contribution in [-0.4, -0.2) is 35.4 Å². The molecule has 0 saturated carbocycles. The topological polar surface area (TPSA) is 82.2 Å². The van der Waals surface area contributed by atoms with Gasteiger partial charge in [0.25, 0.3) is 0 Å². The minimum atomic E-state index is -0.468. The van der Waals surface area contributed by atoms with E-state index in [4.69, 9.17) is 10.5 Å². The zero-order chi connectivity index (χ0) is 12.7. The number of methoxy groups -OCH3 is 1. The molecule has 0 spiro atoms. The first kappa shape index (κ1) is 13.7. The highest BCUT2D eigenvalue weighted by Gasteiger charge is 2.13. The molecule has 1 rings (SSSR count). The third-order valence-electron chi connectivity index (χ3n) is 2.35. The molecule has 0 aliphatic carbocycles. The van der Waals surface area contributed by atoms with Crippen molar-refractivity contribution in [2.75, 3.05) is 19.0 Å². The van der Waals surface area contributed by atoms with E-state index < -0.39 is 6.04 Å². The van der Waals surface area contributed by atoms with Crippen LogP contribution in [0.2, 0.25) is 0 Å². The van der Waals surface area contributed by atoms with Crippen LogP contribution in [0, 0.1) is 0 Å². The number of nitrogens with zero attached hydrogens (tertiary/aromatic N) is 2. The number of carbonyl (C=O) groups excluding carboxylic acids is 1. The molecule has 6 heteroatoms. The number of ether oxygens (including phenoxy) is 1. The lowest BCUT2D eigenvalue weighted by Gasteiger charge is -2.08. The monoisotopic (exact) mass is 240 g/mol. The smallest absolute Gasteiger partial charge is 0.242 e. The first-order valence-corrected chi connectivity index (χ1v) is 5.76. The Kier molecular flexibility index (Phi) is 5.65. The number of hydrogen-bond donors (Lipinski definition) is 2. The van der Waals surface area contributed by atoms with Gasteiger partial charge in [0.05, 0.1) is 19.2 Å². The SMILES string of the molecule is CCCC(N)C(=O)Nc1ccn(CCOC)n1. The molecule has 1 atom stereocenters. The number of aromatic nitrogens is 2. The molecule has 0 aliphatic heterocycles. The average molecular weight is 240 g/mol. The van der Waals surface area contributed by atoms with Crippen molar-refractivity contribution in [3.05, 3.63) is 12.3 Å². The van der Waals surface area contributed by atoms with E-state index in [9.17, 15) is 4.79 Å². The van der Waals surface area contributed by atoms with E-state index in [1.54, 1.807) is 24.1 Å². The largest absolute Gasteiger partial charge is 0.383 e. The number of nitrogens with one attached hydrogen (secondary N) is 1. The van der Waals surface area contributed by atoms with Crippen molar-refractivity contribution in [2.24, 2.45) is 5.73 Å². The zero-order valence-electron chi connectivity index (χ0n) is 10.3. The highest BCUT2D eigenvalue weighted by molar-refractivity contribution is 5.93. The maximum Gasteiger partial charge on any atom is 0.242 e. The van der Waals surface area contributed by atoms with Crippen LogP contribution in [0.1, 0.15) is 19.8 Å². The second kappa shape index (κ2) is 7.03. The number of nitrogens with two attached hydrogens (primary N) is 1. The van der Waals surface area contributed by atoms with Gasteiger partial charge in [0.15, 0.2) is 5.82 Å². The molecule has 0 aliphatic rings. The number of carbonyl (C=O) groups is 1. The fraction of sp³-hybridized carbons (Fsp3) is 0.636. The van der Waals surface area contributed by atoms with Crippen LogP contribution >= 0.6 is 0 Å². The van der Waals surface area contributed by atoms with Crippen LogP contribution in [0.25, 0.3) is 0 Å². The maximum atomic E-state index is 11.6. The molecule has 1 heterocycles. The minimum Gasteiger partial charge on any atom is -0.383 e. The number of anilines is 1. The molecule has 0 radical (unpaired) electrons. The number of rotatable bonds is 7. The van der Waals surface area contributed by atoms with E-state index in [1.165, 1.54) is 0 Å². The van der Waals surface area contributed by atoms with Crippen molar-refractivity contribution < 1.29 is 9.53 Å². The van der Waals surface area contributed by atoms with Gasteiger partial charge in [-0.2, -0.15) is 5.10 Å². The van der Waals surface area contributed by atoms with E-state index in [0.717, 1.165) is 6.42 Å². The lowest BCUT2D eigenvalue weighted by atomic mass is 10.2. The minimum absolute atomic E-state index is 0.191. The molecule has 6 nitrogen and oxygen atoms in total. The summed E-state index contributed by atoms with van der Waals surface area (Å²) in [5.41, 5.74) is 5.70. The normalized spacial score (nSPS) is 12.4. The summed E-state index contributed by atoms with van der Waals surface area (Å²) in [6, 6.07) is 1.27. The van der Waals surface area contributed by atoms with E-state index >= 15 is 0 Å². The van der Waals surface area contributed by atoms with Gasteiger partial charge in [-0.1, -0.05) is 13.3 Å². The Balaban J connectivity index is 2.45. The maximum absolute atomic E-state index is 11.6. The number of amides is 1. The fourth-order valence-corrected chi connectivity index (χ4v) is 1.40. The van der Waals surface area contributed by atoms with Crippen molar-refractivity contribution in [1.29, 1.82) is 0 Å². The molecule has 1 aromatic rings. The quantitative estimate of drug-likeness (QED) is 0.731. The Labute approximate surface area is 101 Å². The van der Waals surface area contributed by atoms with Crippen LogP contribution in [-0.2, 0) is 16.1 Å². The summed E-state index contributed by atoms with van der Waals surface area (Å²) in [6.07, 6.45) is 3.35. The van der Waals surface area contributed by atoms with Gasteiger partial charge < -0.3 is 15.8 Å². The zero-order valence-corrected chi connectivity index (χ0v) is 10.3. The first-order chi connectivity index (χ1) is 8.17. The summed E-state index contributed by atoms with van der Waals surface area (Å²) in [5.74, 6) is 0.335. The van der Waals surface area contributed by atoms with Crippen LogP contribution in [0.3, 0.4) is 0 Å². The molecular formula is C11H20N4O2. The summed E-state index contributed by atoms with van der Waals surface area (Å²) < 4.78 is 6.65. The molecule has 1 unspecified atom stereocenters. The Morgan fingerprint density at radius 1 is 1.71 bits per heavy atom. The molecule has 1 aromatic heterocycles. The summed E-state index contributed by atoms with van der Waals surface area (Å²) in [6.45, 7) is 3.24. The van der Waals surface area contributed by atoms with Crippen molar-refractivity contribution >= 4 is 11.7 Å². The lowest BCUT2D eigenvalue weighted by Crippen LogP contribution is -2.35. The molecule has 0 saturated heterocycles. The number of hydrogen-bond acceptors (Lipinski definition) is 4. The molecule has 96 valence electrons. The Bertz CT molecular complexity index is 351. The molecular weight excluding hydrogens is 220 g/mol. The molecule has 0 fully saturated rings. The molecule has 0 bridgehead atoms. The predicted molar refractivity (Wildman–Crippen MR) is 65.6 cm³/mol. The highest BCUT2D eigenvalue weighted by Crippen LogP contribution is 2.04. The van der Waals surface area contributed by atoms with Gasteiger partial charge in [-0.3, -0.25) is 9.48 Å². The van der Waals surface area contributed by atoms with Crippen molar-refractivity contribution in [1.82, 2.24) is 9.78 Å². The fourth-order valence-electron chi connectivity index (χ4n) is 1.40. The van der Waals surface area contributed by atoms with Gasteiger partial charge in [0.1, 0.15) is 0 Å². The van der Waals surface area contributed by atoms with E-state index in [-0.39, 0.29) is 5.91 Å². The van der Waals surface area contributed by atoms with Crippen LogP contribution in [0.15, 0.2) is 12.3 Å². The van der Waals surface area contributed by atoms with Gasteiger partial charge in [-0.15, -0.1) is 0 Å². The van der Waals surface area contributed by atoms with Crippen molar-refractivity contribution in [3.63, 3.8) is 0 Å². The lowest BCUT2D eigenvalue weighted by molar-refractivity contribution is -0.117. The van der Waals surface area contributed by atoms with Gasteiger partial charge in [-0.25, -0.2) is 0 Å². The van der Waals surface area contributed by atoms with Crippen LogP contribution in [0.4, 0.5) is 5.82 Å². The third-order valence-corrected chi connectivity index (χ3v) is 2.35. The van der Waals surface area contributed by atoms with Crippen LogP contribution < -0.4 is 11.1 Å². The average Bonchev–Trinajstić information content (AvgIpc) is 2.74. The second-order valence-corrected chi connectivity index (χ2v) is 3.84. The van der Waals surface area contributed by atoms with Crippen molar-refractivity contribution in [3.8, 4) is 0 Å². The van der Waals surface area contributed by atoms with Gasteiger partial charge in [-0.05, 0) is 6.42 Å². The first-order valence-electron chi connectivity index (χ1n) is 5.76. The van der Waals surface area contributed by atoms with Crippen molar-refractivity contribution in [2.45, 2.75) is 32.4 Å². The van der Waals surface area contributed by atoms with E-state index in [1.807, 2.05) is 6.92 Å². The standard InChI is InChI=1S/C11H20N4O2/c1-3-4-9(12)11(16)13-10-5-6-15(14-10)7-8-17-2/h5-6,9H,3-4,7-8,12H2,1-2H3,(H,13,14,16). The Morgan fingerprint density at radius 3 is 3.12 bits per heavy atom. The van der Waals surface area contributed by atoms with Gasteiger partial charge in [0.2, 0.25) is 5.91 Å². The van der Waals surface area contributed by atoms with Gasteiger partial charge >= 0.3 is 0 Å². The molecule has 0 aromatic carbocycles. The third kappa shape index (κ3) is 4.54. The van der Waals surface area contributed by atoms with Gasteiger partial charge in [0, 0.05) is 19.4 Å².